The van der Waals surface area contributed by atoms with Crippen LogP contribution in [0.4, 0.5) is 0 Å². The first-order valence-electron chi connectivity index (χ1n) is 8.72. The summed E-state index contributed by atoms with van der Waals surface area (Å²) in [6.45, 7) is 0. The fourth-order valence-electron chi connectivity index (χ4n) is 4.97. The number of nitrogens with one attached hydrogen (secondary N) is 1. The molecule has 4 unspecified atom stereocenters. The van der Waals surface area contributed by atoms with Gasteiger partial charge in [0, 0.05) is 17.0 Å². The molecule has 20 heavy (non-hydrogen) atoms. The Bertz CT molecular complexity index is 452. The molecule has 1 nitrogen and oxygen atoms in total. The third-order valence-corrected chi connectivity index (χ3v) is 7.03. The maximum Gasteiger partial charge on any atom is 0.0333 e. The van der Waals surface area contributed by atoms with E-state index in [1.165, 1.54) is 64.2 Å². The zero-order valence-corrected chi connectivity index (χ0v) is 13.3. The van der Waals surface area contributed by atoms with E-state index in [0.29, 0.717) is 6.04 Å². The monoisotopic (exact) mass is 289 g/mol. The van der Waals surface area contributed by atoms with Gasteiger partial charge in [-0.15, -0.1) is 11.3 Å². The van der Waals surface area contributed by atoms with Crippen molar-refractivity contribution in [3.05, 3.63) is 21.9 Å². The van der Waals surface area contributed by atoms with Gasteiger partial charge in [0.25, 0.3) is 0 Å². The summed E-state index contributed by atoms with van der Waals surface area (Å²) in [6, 6.07) is 3.84. The molecule has 0 amide bonds. The van der Waals surface area contributed by atoms with Gasteiger partial charge in [0.2, 0.25) is 0 Å². The average molecular weight is 289 g/mol. The van der Waals surface area contributed by atoms with Crippen molar-refractivity contribution >= 4 is 11.3 Å². The Labute approximate surface area is 127 Å². The molecule has 2 heteroatoms. The zero-order valence-electron chi connectivity index (χ0n) is 12.4. The summed E-state index contributed by atoms with van der Waals surface area (Å²) in [6.07, 6.45) is 14.5. The summed E-state index contributed by atoms with van der Waals surface area (Å²) < 4.78 is 0. The second kappa shape index (κ2) is 5.81. The van der Waals surface area contributed by atoms with Crippen LogP contribution in [0.5, 0.6) is 0 Å². The number of fused-ring (bicyclic) bond motifs is 2. The molecular formula is C18H27NS. The molecule has 2 saturated carbocycles. The van der Waals surface area contributed by atoms with Crippen LogP contribution in [0.15, 0.2) is 11.4 Å². The molecule has 1 aromatic rings. The fourth-order valence-corrected chi connectivity index (χ4v) is 5.96. The Balaban J connectivity index is 1.41. The highest BCUT2D eigenvalue weighted by atomic mass is 32.1. The smallest absolute Gasteiger partial charge is 0.0333 e. The molecule has 0 spiro atoms. The molecule has 0 aromatic carbocycles. The molecule has 4 rings (SSSR count). The van der Waals surface area contributed by atoms with Gasteiger partial charge in [-0.05, 0) is 67.4 Å². The third kappa shape index (κ3) is 2.57. The van der Waals surface area contributed by atoms with Crippen LogP contribution in [0.2, 0.25) is 0 Å². The molecule has 3 aliphatic carbocycles. The van der Waals surface area contributed by atoms with Gasteiger partial charge in [0.15, 0.2) is 0 Å². The van der Waals surface area contributed by atoms with Crippen LogP contribution >= 0.6 is 11.3 Å². The second-order valence-electron chi connectivity index (χ2n) is 7.23. The van der Waals surface area contributed by atoms with Crippen LogP contribution in [0.3, 0.4) is 0 Å². The second-order valence-corrected chi connectivity index (χ2v) is 8.23. The van der Waals surface area contributed by atoms with Crippen LogP contribution < -0.4 is 5.32 Å². The lowest BCUT2D eigenvalue weighted by molar-refractivity contribution is 0.137. The van der Waals surface area contributed by atoms with Crippen molar-refractivity contribution in [2.75, 3.05) is 0 Å². The predicted octanol–water partition coefficient (Wildman–Crippen LogP) is 5.07. The summed E-state index contributed by atoms with van der Waals surface area (Å²) in [7, 11) is 0. The SMILES string of the molecule is c1cc2c(s1)CCCC2NC1CCC2CCCCC2C1. The normalized spacial score (nSPS) is 37.2. The number of hydrogen-bond donors (Lipinski definition) is 1. The summed E-state index contributed by atoms with van der Waals surface area (Å²) in [4.78, 5) is 1.65. The highest BCUT2D eigenvalue weighted by molar-refractivity contribution is 7.10. The first-order chi connectivity index (χ1) is 9.90. The van der Waals surface area contributed by atoms with Crippen LogP contribution in [0, 0.1) is 11.8 Å². The van der Waals surface area contributed by atoms with E-state index in [4.69, 9.17) is 0 Å². The van der Waals surface area contributed by atoms with Crippen LogP contribution in [-0.2, 0) is 6.42 Å². The molecule has 3 aliphatic rings. The fraction of sp³-hybridized carbons (Fsp3) is 0.778. The highest BCUT2D eigenvalue weighted by Gasteiger charge is 2.33. The summed E-state index contributed by atoms with van der Waals surface area (Å²) in [5, 5.41) is 6.33. The topological polar surface area (TPSA) is 12.0 Å². The van der Waals surface area contributed by atoms with E-state index >= 15 is 0 Å². The lowest BCUT2D eigenvalue weighted by Crippen LogP contribution is -2.41. The van der Waals surface area contributed by atoms with Gasteiger partial charge >= 0.3 is 0 Å². The quantitative estimate of drug-likeness (QED) is 0.801. The van der Waals surface area contributed by atoms with Crippen molar-refractivity contribution in [1.29, 1.82) is 0 Å². The number of rotatable bonds is 2. The van der Waals surface area contributed by atoms with Gasteiger partial charge in [0.1, 0.15) is 0 Å². The van der Waals surface area contributed by atoms with Gasteiger partial charge in [-0.3, -0.25) is 0 Å². The van der Waals surface area contributed by atoms with Gasteiger partial charge in [0.05, 0.1) is 0 Å². The molecule has 4 atom stereocenters. The first kappa shape index (κ1) is 13.3. The largest absolute Gasteiger partial charge is 0.307 e. The van der Waals surface area contributed by atoms with E-state index in [1.807, 2.05) is 11.3 Å². The third-order valence-electron chi connectivity index (χ3n) is 6.03. The Kier molecular flexibility index (Phi) is 3.87. The Morgan fingerprint density at radius 3 is 2.80 bits per heavy atom. The zero-order chi connectivity index (χ0) is 13.4. The summed E-state index contributed by atoms with van der Waals surface area (Å²) >= 11 is 1.97. The van der Waals surface area contributed by atoms with E-state index in [9.17, 15) is 0 Å². The minimum Gasteiger partial charge on any atom is -0.307 e. The predicted molar refractivity (Wildman–Crippen MR) is 86.2 cm³/mol. The molecule has 0 bridgehead atoms. The average Bonchev–Trinajstić information content (AvgIpc) is 2.97. The summed E-state index contributed by atoms with van der Waals surface area (Å²) in [5.74, 6) is 2.12. The van der Waals surface area contributed by atoms with Gasteiger partial charge < -0.3 is 5.32 Å². The summed E-state index contributed by atoms with van der Waals surface area (Å²) in [5.41, 5.74) is 1.63. The van der Waals surface area contributed by atoms with Crippen molar-refractivity contribution in [2.45, 2.75) is 76.3 Å². The Morgan fingerprint density at radius 2 is 1.85 bits per heavy atom. The van der Waals surface area contributed by atoms with Gasteiger partial charge in [-0.2, -0.15) is 0 Å². The Hall–Kier alpha value is -0.340. The van der Waals surface area contributed by atoms with Crippen molar-refractivity contribution in [3.63, 3.8) is 0 Å². The van der Waals surface area contributed by atoms with E-state index in [0.717, 1.165) is 17.9 Å². The van der Waals surface area contributed by atoms with E-state index in [-0.39, 0.29) is 0 Å². The van der Waals surface area contributed by atoms with Crippen LogP contribution in [-0.4, -0.2) is 6.04 Å². The molecule has 1 heterocycles. The molecular weight excluding hydrogens is 262 g/mol. The van der Waals surface area contributed by atoms with Crippen molar-refractivity contribution in [1.82, 2.24) is 5.32 Å². The number of thiophene rings is 1. The lowest BCUT2D eigenvalue weighted by Gasteiger charge is -2.41. The molecule has 0 aliphatic heterocycles. The maximum atomic E-state index is 4.04. The number of aryl methyl sites for hydroxylation is 1. The Morgan fingerprint density at radius 1 is 0.950 bits per heavy atom. The molecule has 0 saturated heterocycles. The molecule has 1 aromatic heterocycles. The lowest BCUT2D eigenvalue weighted by atomic mass is 9.69. The maximum absolute atomic E-state index is 4.04. The first-order valence-corrected chi connectivity index (χ1v) is 9.60. The van der Waals surface area contributed by atoms with Gasteiger partial charge in [-0.1, -0.05) is 25.7 Å². The molecule has 110 valence electrons. The van der Waals surface area contributed by atoms with Crippen molar-refractivity contribution in [2.24, 2.45) is 11.8 Å². The minimum atomic E-state index is 0.662. The van der Waals surface area contributed by atoms with Crippen LogP contribution in [0.1, 0.15) is 74.3 Å². The van der Waals surface area contributed by atoms with Crippen LogP contribution in [0.25, 0.3) is 0 Å². The van der Waals surface area contributed by atoms with E-state index < -0.39 is 0 Å². The van der Waals surface area contributed by atoms with E-state index in [2.05, 4.69) is 16.8 Å². The van der Waals surface area contributed by atoms with Gasteiger partial charge in [-0.25, -0.2) is 0 Å². The van der Waals surface area contributed by atoms with Crippen molar-refractivity contribution < 1.29 is 0 Å². The molecule has 1 N–H and O–H groups in total. The minimum absolute atomic E-state index is 0.662. The standard InChI is InChI=1S/C18H27NS/c1-2-5-14-12-15(9-8-13(14)4-1)19-17-6-3-7-18-16(17)10-11-20-18/h10-11,13-15,17,19H,1-9,12H2. The van der Waals surface area contributed by atoms with Crippen molar-refractivity contribution in [3.8, 4) is 0 Å². The molecule has 2 fully saturated rings. The highest BCUT2D eigenvalue weighted by Crippen LogP contribution is 2.42. The van der Waals surface area contributed by atoms with E-state index in [1.54, 1.807) is 10.4 Å². The number of hydrogen-bond acceptors (Lipinski definition) is 2. The molecule has 0 radical (unpaired) electrons.